The van der Waals surface area contributed by atoms with E-state index in [0.29, 0.717) is 18.5 Å². The number of hydrogen-bond acceptors (Lipinski definition) is 4. The summed E-state index contributed by atoms with van der Waals surface area (Å²) in [6, 6.07) is 0.635. The van der Waals surface area contributed by atoms with Gasteiger partial charge in [0.25, 0.3) is 0 Å². The maximum absolute atomic E-state index is 4.28. The fourth-order valence-electron chi connectivity index (χ4n) is 2.84. The largest absolute Gasteiger partial charge is 0.356 e. The van der Waals surface area contributed by atoms with Crippen molar-refractivity contribution in [2.24, 2.45) is 18.0 Å². The summed E-state index contributed by atoms with van der Waals surface area (Å²) < 4.78 is 1.77. The number of guanidine groups is 1. The van der Waals surface area contributed by atoms with E-state index in [-0.39, 0.29) is 0 Å². The van der Waals surface area contributed by atoms with Crippen LogP contribution in [0.15, 0.2) is 11.3 Å². The molecule has 1 aromatic rings. The van der Waals surface area contributed by atoms with Crippen molar-refractivity contribution in [3.63, 3.8) is 0 Å². The first-order chi connectivity index (χ1) is 10.6. The average molecular weight is 307 g/mol. The fraction of sp³-hybridized carbons (Fsp3) is 0.800. The van der Waals surface area contributed by atoms with E-state index in [4.69, 9.17) is 0 Å². The molecule has 1 unspecified atom stereocenters. The Balaban J connectivity index is 1.75. The molecule has 2 rings (SSSR count). The van der Waals surface area contributed by atoms with Gasteiger partial charge in [0.2, 0.25) is 0 Å². The Morgan fingerprint density at radius 3 is 2.91 bits per heavy atom. The molecular weight excluding hydrogens is 278 g/mol. The van der Waals surface area contributed by atoms with Gasteiger partial charge in [-0.3, -0.25) is 9.67 Å². The predicted octanol–water partition coefficient (Wildman–Crippen LogP) is 0.601. The minimum atomic E-state index is 0.624. The molecule has 1 atom stereocenters. The topological polar surface area (TPSA) is 70.4 Å². The molecule has 1 aromatic heterocycles. The molecule has 1 saturated heterocycles. The van der Waals surface area contributed by atoms with Crippen molar-refractivity contribution in [3.8, 4) is 0 Å². The van der Waals surface area contributed by atoms with Crippen LogP contribution in [0.5, 0.6) is 0 Å². The zero-order chi connectivity index (χ0) is 15.9. The molecule has 0 radical (unpaired) electrons. The van der Waals surface area contributed by atoms with Gasteiger partial charge in [-0.15, -0.1) is 0 Å². The second-order valence-corrected chi connectivity index (χ2v) is 6.20. The molecule has 1 aliphatic heterocycles. The van der Waals surface area contributed by atoms with Crippen LogP contribution >= 0.6 is 0 Å². The van der Waals surface area contributed by atoms with Gasteiger partial charge < -0.3 is 15.5 Å². The minimum Gasteiger partial charge on any atom is -0.356 e. The molecule has 0 aromatic carbocycles. The Hall–Kier alpha value is -1.63. The number of hydrogen-bond donors (Lipinski definition) is 2. The van der Waals surface area contributed by atoms with Crippen LogP contribution in [0.4, 0.5) is 0 Å². The van der Waals surface area contributed by atoms with Gasteiger partial charge in [0, 0.05) is 33.2 Å². The second-order valence-electron chi connectivity index (χ2n) is 6.20. The third-order valence-corrected chi connectivity index (χ3v) is 4.28. The van der Waals surface area contributed by atoms with E-state index in [1.165, 1.54) is 25.9 Å². The first-order valence-corrected chi connectivity index (χ1v) is 8.11. The summed E-state index contributed by atoms with van der Waals surface area (Å²) >= 11 is 0. The lowest BCUT2D eigenvalue weighted by atomic mass is 9.97. The Morgan fingerprint density at radius 2 is 2.27 bits per heavy atom. The molecule has 0 spiro atoms. The lowest BCUT2D eigenvalue weighted by Crippen LogP contribution is -2.46. The monoisotopic (exact) mass is 307 g/mol. The summed E-state index contributed by atoms with van der Waals surface area (Å²) in [5.41, 5.74) is 0. The average Bonchev–Trinajstić information content (AvgIpc) is 2.93. The van der Waals surface area contributed by atoms with Gasteiger partial charge in [-0.05, 0) is 39.2 Å². The lowest BCUT2D eigenvalue weighted by Gasteiger charge is -2.35. The number of aryl methyl sites for hydroxylation is 1. The molecule has 7 heteroatoms. The van der Waals surface area contributed by atoms with Crippen LogP contribution in [0.25, 0.3) is 0 Å². The summed E-state index contributed by atoms with van der Waals surface area (Å²) in [5, 5.41) is 10.8. The van der Waals surface area contributed by atoms with Crippen LogP contribution in [0.3, 0.4) is 0 Å². The highest BCUT2D eigenvalue weighted by Gasteiger charge is 2.21. The molecular formula is C15H29N7. The third-order valence-electron chi connectivity index (χ3n) is 4.28. The quantitative estimate of drug-likeness (QED) is 0.616. The van der Waals surface area contributed by atoms with Crippen LogP contribution in [0.2, 0.25) is 0 Å². The van der Waals surface area contributed by atoms with Crippen molar-refractivity contribution in [2.75, 3.05) is 26.7 Å². The predicted molar refractivity (Wildman–Crippen MR) is 88.6 cm³/mol. The van der Waals surface area contributed by atoms with Gasteiger partial charge in [0.1, 0.15) is 12.2 Å². The molecule has 1 fully saturated rings. The zero-order valence-electron chi connectivity index (χ0n) is 14.2. The smallest absolute Gasteiger partial charge is 0.191 e. The first kappa shape index (κ1) is 16.7. The molecule has 124 valence electrons. The van der Waals surface area contributed by atoms with Gasteiger partial charge in [-0.25, -0.2) is 4.98 Å². The van der Waals surface area contributed by atoms with E-state index in [1.54, 1.807) is 18.1 Å². The molecule has 0 amide bonds. The highest BCUT2D eigenvalue weighted by molar-refractivity contribution is 5.79. The van der Waals surface area contributed by atoms with Gasteiger partial charge in [0.15, 0.2) is 5.96 Å². The standard InChI is InChI=1S/C15H29N7/c1-12(2)22-7-5-6-13(10-22)8-17-15(16-3)18-9-14-19-11-20-21(14)4/h11-13H,5-10H2,1-4H3,(H2,16,17,18). The first-order valence-electron chi connectivity index (χ1n) is 8.11. The van der Waals surface area contributed by atoms with Crippen LogP contribution in [0, 0.1) is 5.92 Å². The maximum atomic E-state index is 4.28. The Labute approximate surface area is 133 Å². The van der Waals surface area contributed by atoms with E-state index < -0.39 is 0 Å². The number of nitrogens with one attached hydrogen (secondary N) is 2. The van der Waals surface area contributed by atoms with E-state index in [1.807, 2.05) is 7.05 Å². The molecule has 0 bridgehead atoms. The Bertz CT molecular complexity index is 480. The van der Waals surface area contributed by atoms with Gasteiger partial charge >= 0.3 is 0 Å². The number of piperidine rings is 1. The summed E-state index contributed by atoms with van der Waals surface area (Å²) in [6.45, 7) is 8.54. The SMILES string of the molecule is CN=C(NCc1ncnn1C)NCC1CCCN(C(C)C)C1. The molecule has 0 aliphatic carbocycles. The highest BCUT2D eigenvalue weighted by atomic mass is 15.3. The van der Waals surface area contributed by atoms with Gasteiger partial charge in [-0.2, -0.15) is 5.10 Å². The summed E-state index contributed by atoms with van der Waals surface area (Å²) in [4.78, 5) is 11.0. The number of aromatic nitrogens is 3. The molecule has 7 nitrogen and oxygen atoms in total. The Kier molecular flexibility index (Phi) is 6.18. The van der Waals surface area contributed by atoms with Crippen molar-refractivity contribution in [1.29, 1.82) is 0 Å². The highest BCUT2D eigenvalue weighted by Crippen LogP contribution is 2.17. The second kappa shape index (κ2) is 8.12. The number of nitrogens with zero attached hydrogens (tertiary/aromatic N) is 5. The van der Waals surface area contributed by atoms with Crippen molar-refractivity contribution >= 4 is 5.96 Å². The van der Waals surface area contributed by atoms with Crippen molar-refractivity contribution in [3.05, 3.63) is 12.2 Å². The van der Waals surface area contributed by atoms with Gasteiger partial charge in [-0.1, -0.05) is 0 Å². The van der Waals surface area contributed by atoms with Crippen molar-refractivity contribution in [2.45, 2.75) is 39.3 Å². The summed E-state index contributed by atoms with van der Waals surface area (Å²) in [6.07, 6.45) is 4.14. The number of rotatable bonds is 5. The van der Waals surface area contributed by atoms with Crippen LogP contribution in [0.1, 0.15) is 32.5 Å². The van der Waals surface area contributed by atoms with Crippen LogP contribution in [-0.2, 0) is 13.6 Å². The van der Waals surface area contributed by atoms with Crippen LogP contribution in [-0.4, -0.2) is 58.3 Å². The molecule has 1 aliphatic rings. The maximum Gasteiger partial charge on any atom is 0.191 e. The van der Waals surface area contributed by atoms with Crippen LogP contribution < -0.4 is 10.6 Å². The van der Waals surface area contributed by atoms with Crippen molar-refractivity contribution < 1.29 is 0 Å². The number of likely N-dealkylation sites (tertiary alicyclic amines) is 1. The minimum absolute atomic E-state index is 0.624. The van der Waals surface area contributed by atoms with Crippen molar-refractivity contribution in [1.82, 2.24) is 30.3 Å². The summed E-state index contributed by atoms with van der Waals surface area (Å²) in [7, 11) is 3.69. The fourth-order valence-corrected chi connectivity index (χ4v) is 2.84. The third kappa shape index (κ3) is 4.69. The molecule has 2 N–H and O–H groups in total. The molecule has 0 saturated carbocycles. The Morgan fingerprint density at radius 1 is 1.45 bits per heavy atom. The number of aliphatic imine (C=N–C) groups is 1. The summed E-state index contributed by atoms with van der Waals surface area (Å²) in [5.74, 6) is 2.40. The normalized spacial score (nSPS) is 20.4. The van der Waals surface area contributed by atoms with E-state index in [2.05, 4.69) is 44.5 Å². The zero-order valence-corrected chi connectivity index (χ0v) is 14.2. The van der Waals surface area contributed by atoms with Gasteiger partial charge in [0.05, 0.1) is 6.54 Å². The van der Waals surface area contributed by atoms with E-state index in [9.17, 15) is 0 Å². The van der Waals surface area contributed by atoms with E-state index >= 15 is 0 Å². The molecule has 22 heavy (non-hydrogen) atoms. The van der Waals surface area contributed by atoms with E-state index in [0.717, 1.165) is 18.3 Å². The molecule has 2 heterocycles. The lowest BCUT2D eigenvalue weighted by molar-refractivity contribution is 0.141.